The quantitative estimate of drug-likeness (QED) is 0.700. The van der Waals surface area contributed by atoms with Gasteiger partial charge in [0, 0.05) is 25.6 Å². The van der Waals surface area contributed by atoms with E-state index >= 15 is 0 Å². The van der Waals surface area contributed by atoms with Gasteiger partial charge in [-0.2, -0.15) is 0 Å². The van der Waals surface area contributed by atoms with Crippen LogP contribution in [-0.4, -0.2) is 50.0 Å². The van der Waals surface area contributed by atoms with E-state index in [4.69, 9.17) is 14.3 Å². The van der Waals surface area contributed by atoms with Crippen molar-refractivity contribution in [2.45, 2.75) is 19.1 Å². The summed E-state index contributed by atoms with van der Waals surface area (Å²) in [6.07, 6.45) is 0.197. The normalized spacial score (nSPS) is 15.7. The fraction of sp³-hybridized carbons (Fsp3) is 0.333. The maximum atomic E-state index is 13.4. The van der Waals surface area contributed by atoms with Gasteiger partial charge in [0.2, 0.25) is 5.91 Å². The minimum absolute atomic E-state index is 0.0195. The highest BCUT2D eigenvalue weighted by atomic mass is 19.1. The van der Waals surface area contributed by atoms with E-state index in [9.17, 15) is 9.18 Å². The molecule has 0 aliphatic carbocycles. The van der Waals surface area contributed by atoms with Gasteiger partial charge in [0.25, 0.3) is 0 Å². The van der Waals surface area contributed by atoms with Gasteiger partial charge in [-0.05, 0) is 29.8 Å². The molecule has 1 amide bonds. The molecule has 0 unspecified atom stereocenters. The lowest BCUT2D eigenvalue weighted by atomic mass is 10.0. The second-order valence-corrected chi connectivity index (χ2v) is 6.54. The van der Waals surface area contributed by atoms with E-state index < -0.39 is 0 Å². The predicted octanol–water partition coefficient (Wildman–Crippen LogP) is 3.00. The molecule has 2 aromatic rings. The molecule has 0 saturated heterocycles. The first kappa shape index (κ1) is 19.8. The van der Waals surface area contributed by atoms with Gasteiger partial charge in [-0.3, -0.25) is 4.79 Å². The lowest BCUT2D eigenvalue weighted by Gasteiger charge is -2.25. The van der Waals surface area contributed by atoms with Crippen LogP contribution in [0.15, 0.2) is 53.7 Å². The Labute approximate surface area is 163 Å². The van der Waals surface area contributed by atoms with E-state index in [0.717, 1.165) is 11.3 Å². The molecule has 0 saturated carbocycles. The number of carbonyl (C=O) groups excluding carboxylic acids is 1. The highest BCUT2D eigenvalue weighted by Gasteiger charge is 2.27. The Bertz CT molecular complexity index is 856. The first-order valence-corrected chi connectivity index (χ1v) is 8.97. The molecule has 2 aromatic carbocycles. The summed E-state index contributed by atoms with van der Waals surface area (Å²) < 4.78 is 23.7. The summed E-state index contributed by atoms with van der Waals surface area (Å²) >= 11 is 0. The zero-order chi connectivity index (χ0) is 19.9. The number of rotatable bonds is 8. The van der Waals surface area contributed by atoms with E-state index in [2.05, 4.69) is 5.16 Å². The summed E-state index contributed by atoms with van der Waals surface area (Å²) in [6.45, 7) is 0.727. The predicted molar refractivity (Wildman–Crippen MR) is 103 cm³/mol. The average molecular weight is 386 g/mol. The van der Waals surface area contributed by atoms with Crippen LogP contribution in [-0.2, 0) is 20.9 Å². The molecule has 1 aliphatic rings. The molecule has 0 fully saturated rings. The van der Waals surface area contributed by atoms with E-state index in [1.54, 1.807) is 24.1 Å². The van der Waals surface area contributed by atoms with Crippen LogP contribution in [0.5, 0.6) is 5.75 Å². The van der Waals surface area contributed by atoms with Crippen LogP contribution in [0, 0.1) is 5.82 Å². The molecular formula is C21H23FN2O4. The van der Waals surface area contributed by atoms with Crippen molar-refractivity contribution >= 4 is 11.6 Å². The van der Waals surface area contributed by atoms with Crippen LogP contribution < -0.4 is 4.74 Å². The van der Waals surface area contributed by atoms with Crippen LogP contribution in [0.2, 0.25) is 0 Å². The van der Waals surface area contributed by atoms with Crippen molar-refractivity contribution < 1.29 is 23.5 Å². The molecule has 0 bridgehead atoms. The molecule has 0 radical (unpaired) electrons. The SMILES string of the molecule is COCC(=O)N(Cc1cccc(OC)c1)C[C@H]1CC(c2cccc(F)c2)=NO1. The Kier molecular flexibility index (Phi) is 6.60. The number of benzene rings is 2. The number of ether oxygens (including phenoxy) is 2. The van der Waals surface area contributed by atoms with Gasteiger partial charge in [0.05, 0.1) is 19.4 Å². The number of hydrogen-bond acceptors (Lipinski definition) is 5. The van der Waals surface area contributed by atoms with E-state index in [0.29, 0.717) is 30.8 Å². The number of amides is 1. The van der Waals surface area contributed by atoms with E-state index in [1.807, 2.05) is 24.3 Å². The molecule has 0 aromatic heterocycles. The molecule has 0 N–H and O–H groups in total. The minimum Gasteiger partial charge on any atom is -0.497 e. The molecule has 3 rings (SSSR count). The van der Waals surface area contributed by atoms with Crippen LogP contribution in [0.25, 0.3) is 0 Å². The Morgan fingerprint density at radius 1 is 1.25 bits per heavy atom. The Morgan fingerprint density at radius 3 is 2.82 bits per heavy atom. The van der Waals surface area contributed by atoms with Crippen LogP contribution in [0.4, 0.5) is 4.39 Å². The number of carbonyl (C=O) groups is 1. The van der Waals surface area contributed by atoms with Crippen molar-refractivity contribution in [1.82, 2.24) is 4.90 Å². The summed E-state index contributed by atoms with van der Waals surface area (Å²) in [7, 11) is 3.09. The van der Waals surface area contributed by atoms with Crippen molar-refractivity contribution in [2.24, 2.45) is 5.16 Å². The number of hydrogen-bond donors (Lipinski definition) is 0. The van der Waals surface area contributed by atoms with Crippen molar-refractivity contribution in [2.75, 3.05) is 27.4 Å². The molecule has 0 spiro atoms. The third-order valence-corrected chi connectivity index (χ3v) is 4.44. The second-order valence-electron chi connectivity index (χ2n) is 6.54. The van der Waals surface area contributed by atoms with Crippen LogP contribution >= 0.6 is 0 Å². The van der Waals surface area contributed by atoms with Crippen LogP contribution in [0.3, 0.4) is 0 Å². The maximum absolute atomic E-state index is 13.4. The Hall–Kier alpha value is -2.93. The molecule has 1 heterocycles. The zero-order valence-corrected chi connectivity index (χ0v) is 15.9. The standard InChI is InChI=1S/C21H23FN2O4/c1-26-14-21(25)24(12-15-5-3-8-18(9-15)27-2)13-19-11-20(23-28-19)16-6-4-7-17(22)10-16/h3-10,19H,11-14H2,1-2H3/t19-/m1/s1. The lowest BCUT2D eigenvalue weighted by molar-refractivity contribution is -0.137. The molecule has 7 heteroatoms. The molecule has 1 atom stereocenters. The lowest BCUT2D eigenvalue weighted by Crippen LogP contribution is -2.39. The van der Waals surface area contributed by atoms with Gasteiger partial charge >= 0.3 is 0 Å². The highest BCUT2D eigenvalue weighted by molar-refractivity contribution is 6.01. The summed E-state index contributed by atoms with van der Waals surface area (Å²) in [6, 6.07) is 13.8. The fourth-order valence-electron chi connectivity index (χ4n) is 3.07. The summed E-state index contributed by atoms with van der Waals surface area (Å²) in [4.78, 5) is 19.7. The first-order valence-electron chi connectivity index (χ1n) is 8.97. The van der Waals surface area contributed by atoms with E-state index in [1.165, 1.54) is 19.2 Å². The molecule has 6 nitrogen and oxygen atoms in total. The number of halogens is 1. The average Bonchev–Trinajstić information content (AvgIpc) is 3.16. The van der Waals surface area contributed by atoms with Crippen molar-refractivity contribution in [3.05, 3.63) is 65.5 Å². The molecule has 1 aliphatic heterocycles. The van der Waals surface area contributed by atoms with Gasteiger partial charge in [0.1, 0.15) is 18.2 Å². The number of nitrogens with zero attached hydrogens (tertiary/aromatic N) is 2. The Balaban J connectivity index is 1.67. The zero-order valence-electron chi connectivity index (χ0n) is 15.9. The van der Waals surface area contributed by atoms with Gasteiger partial charge in [-0.25, -0.2) is 4.39 Å². The topological polar surface area (TPSA) is 60.4 Å². The van der Waals surface area contributed by atoms with Gasteiger partial charge in [0.15, 0.2) is 6.10 Å². The minimum atomic E-state index is -0.321. The molecular weight excluding hydrogens is 363 g/mol. The highest BCUT2D eigenvalue weighted by Crippen LogP contribution is 2.20. The fourth-order valence-corrected chi connectivity index (χ4v) is 3.07. The van der Waals surface area contributed by atoms with Gasteiger partial charge in [-0.15, -0.1) is 0 Å². The molecule has 148 valence electrons. The third kappa shape index (κ3) is 5.07. The second kappa shape index (κ2) is 9.32. The number of methoxy groups -OCH3 is 2. The molecule has 28 heavy (non-hydrogen) atoms. The monoisotopic (exact) mass is 386 g/mol. The van der Waals surface area contributed by atoms with E-state index in [-0.39, 0.29) is 24.4 Å². The number of oxime groups is 1. The van der Waals surface area contributed by atoms with Crippen molar-refractivity contribution in [3.8, 4) is 5.75 Å². The largest absolute Gasteiger partial charge is 0.497 e. The first-order chi connectivity index (χ1) is 13.6. The Morgan fingerprint density at radius 2 is 2.07 bits per heavy atom. The summed E-state index contributed by atoms with van der Waals surface area (Å²) in [5, 5.41) is 4.08. The maximum Gasteiger partial charge on any atom is 0.248 e. The third-order valence-electron chi connectivity index (χ3n) is 4.44. The van der Waals surface area contributed by atoms with Gasteiger partial charge in [-0.1, -0.05) is 29.4 Å². The van der Waals surface area contributed by atoms with Gasteiger partial charge < -0.3 is 19.2 Å². The summed E-state index contributed by atoms with van der Waals surface area (Å²) in [5.41, 5.74) is 2.29. The smallest absolute Gasteiger partial charge is 0.248 e. The summed E-state index contributed by atoms with van der Waals surface area (Å²) in [5.74, 6) is 0.261. The van der Waals surface area contributed by atoms with Crippen molar-refractivity contribution in [3.63, 3.8) is 0 Å². The van der Waals surface area contributed by atoms with Crippen molar-refractivity contribution in [1.29, 1.82) is 0 Å². The van der Waals surface area contributed by atoms with Crippen LogP contribution in [0.1, 0.15) is 17.5 Å².